The standard InChI is InChI=1S/C23H30N2O3S3/c1-16(2)14-25(15-21(26)17(3)12-18-8-6-5-7-9-18)31(27,28)19-10-11-20-22(13-19)30-23(24-20)29-4/h5-11,13,16-17,21,26H,12,14-15H2,1-4H3/t17-,21+/m0/s1. The lowest BCUT2D eigenvalue weighted by Crippen LogP contribution is -2.42. The molecule has 5 nitrogen and oxygen atoms in total. The summed E-state index contributed by atoms with van der Waals surface area (Å²) in [5.74, 6) is 0.0713. The Balaban J connectivity index is 1.83. The van der Waals surface area contributed by atoms with Gasteiger partial charge in [-0.2, -0.15) is 4.31 Å². The number of nitrogens with zero attached hydrogens (tertiary/aromatic N) is 2. The fraction of sp³-hybridized carbons (Fsp3) is 0.435. The predicted octanol–water partition coefficient (Wildman–Crippen LogP) is 4.90. The first-order valence-electron chi connectivity index (χ1n) is 10.4. The Hall–Kier alpha value is -1.45. The molecule has 168 valence electrons. The third kappa shape index (κ3) is 6.08. The molecular formula is C23H30N2O3S3. The molecule has 0 saturated carbocycles. The van der Waals surface area contributed by atoms with Gasteiger partial charge in [0.15, 0.2) is 4.34 Å². The summed E-state index contributed by atoms with van der Waals surface area (Å²) in [6, 6.07) is 15.1. The van der Waals surface area contributed by atoms with Gasteiger partial charge in [-0.3, -0.25) is 0 Å². The average Bonchev–Trinajstić information content (AvgIpc) is 3.16. The summed E-state index contributed by atoms with van der Waals surface area (Å²) in [4.78, 5) is 4.74. The van der Waals surface area contributed by atoms with Gasteiger partial charge < -0.3 is 5.11 Å². The first-order chi connectivity index (χ1) is 14.7. The van der Waals surface area contributed by atoms with E-state index in [0.717, 1.165) is 20.1 Å². The Morgan fingerprint density at radius 1 is 1.10 bits per heavy atom. The largest absolute Gasteiger partial charge is 0.391 e. The SMILES string of the molecule is CSc1nc2ccc(S(=O)(=O)N(CC(C)C)C[C@@H](O)[C@@H](C)Cc3ccccc3)cc2s1. The van der Waals surface area contributed by atoms with Crippen molar-refractivity contribution in [2.24, 2.45) is 11.8 Å². The van der Waals surface area contributed by atoms with Gasteiger partial charge in [-0.15, -0.1) is 11.3 Å². The van der Waals surface area contributed by atoms with Gasteiger partial charge in [0.1, 0.15) is 0 Å². The highest BCUT2D eigenvalue weighted by molar-refractivity contribution is 8.00. The van der Waals surface area contributed by atoms with Crippen LogP contribution in [0.3, 0.4) is 0 Å². The van der Waals surface area contributed by atoms with Crippen LogP contribution in [-0.2, 0) is 16.4 Å². The van der Waals surface area contributed by atoms with Gasteiger partial charge in [0.05, 0.1) is 21.2 Å². The predicted molar refractivity (Wildman–Crippen MR) is 130 cm³/mol. The molecule has 0 unspecified atom stereocenters. The maximum Gasteiger partial charge on any atom is 0.243 e. The maximum absolute atomic E-state index is 13.5. The molecule has 1 N–H and O–H groups in total. The van der Waals surface area contributed by atoms with Gasteiger partial charge in [-0.25, -0.2) is 13.4 Å². The topological polar surface area (TPSA) is 70.5 Å². The molecular weight excluding hydrogens is 448 g/mol. The third-order valence-electron chi connectivity index (χ3n) is 5.17. The van der Waals surface area contributed by atoms with Crippen LogP contribution in [0.5, 0.6) is 0 Å². The number of fused-ring (bicyclic) bond motifs is 1. The van der Waals surface area contributed by atoms with Crippen molar-refractivity contribution < 1.29 is 13.5 Å². The zero-order chi connectivity index (χ0) is 22.6. The molecule has 8 heteroatoms. The molecule has 0 aliphatic heterocycles. The van der Waals surface area contributed by atoms with Crippen molar-refractivity contribution in [1.82, 2.24) is 9.29 Å². The van der Waals surface area contributed by atoms with Gasteiger partial charge in [0, 0.05) is 13.1 Å². The minimum atomic E-state index is -3.74. The molecule has 0 bridgehead atoms. The second-order valence-electron chi connectivity index (χ2n) is 8.26. The highest BCUT2D eigenvalue weighted by Crippen LogP contribution is 2.31. The quantitative estimate of drug-likeness (QED) is 0.420. The van der Waals surface area contributed by atoms with Gasteiger partial charge >= 0.3 is 0 Å². The van der Waals surface area contributed by atoms with Crippen LogP contribution in [0.15, 0.2) is 57.8 Å². The van der Waals surface area contributed by atoms with Crippen LogP contribution in [0, 0.1) is 11.8 Å². The lowest BCUT2D eigenvalue weighted by atomic mass is 9.96. The number of benzene rings is 2. The zero-order valence-electron chi connectivity index (χ0n) is 18.4. The van der Waals surface area contributed by atoms with Crippen LogP contribution < -0.4 is 0 Å². The first kappa shape index (κ1) is 24.2. The fourth-order valence-corrected chi connectivity index (χ4v) is 6.72. The number of sulfonamides is 1. The van der Waals surface area contributed by atoms with Crippen LogP contribution in [0.2, 0.25) is 0 Å². The van der Waals surface area contributed by atoms with E-state index in [2.05, 4.69) is 4.98 Å². The van der Waals surface area contributed by atoms with Crippen LogP contribution in [0.4, 0.5) is 0 Å². The van der Waals surface area contributed by atoms with E-state index in [1.54, 1.807) is 30.0 Å². The normalized spacial score (nSPS) is 14.4. The van der Waals surface area contributed by atoms with Crippen molar-refractivity contribution in [3.8, 4) is 0 Å². The second-order valence-corrected chi connectivity index (χ2v) is 12.3. The molecule has 3 aromatic rings. The molecule has 0 aliphatic carbocycles. The molecule has 0 amide bonds. The van der Waals surface area contributed by atoms with E-state index in [9.17, 15) is 13.5 Å². The highest BCUT2D eigenvalue weighted by Gasteiger charge is 2.29. The minimum Gasteiger partial charge on any atom is -0.391 e. The average molecular weight is 479 g/mol. The molecule has 3 rings (SSSR count). The summed E-state index contributed by atoms with van der Waals surface area (Å²) in [5, 5.41) is 10.9. The number of rotatable bonds is 10. The molecule has 0 saturated heterocycles. The molecule has 0 radical (unpaired) electrons. The molecule has 2 atom stereocenters. The lowest BCUT2D eigenvalue weighted by Gasteiger charge is -2.29. The fourth-order valence-electron chi connectivity index (χ4n) is 3.47. The van der Waals surface area contributed by atoms with Gasteiger partial charge in [-0.1, -0.05) is 62.9 Å². The van der Waals surface area contributed by atoms with E-state index in [1.165, 1.54) is 15.6 Å². The van der Waals surface area contributed by atoms with E-state index < -0.39 is 16.1 Å². The molecule has 0 aliphatic rings. The number of thioether (sulfide) groups is 1. The van der Waals surface area contributed by atoms with Gasteiger partial charge in [0.2, 0.25) is 10.0 Å². The van der Waals surface area contributed by atoms with E-state index >= 15 is 0 Å². The van der Waals surface area contributed by atoms with Crippen LogP contribution in [0.25, 0.3) is 10.2 Å². The Bertz CT molecular complexity index is 1100. The number of hydrogen-bond donors (Lipinski definition) is 1. The zero-order valence-corrected chi connectivity index (χ0v) is 20.8. The summed E-state index contributed by atoms with van der Waals surface area (Å²) in [5.41, 5.74) is 1.94. The monoisotopic (exact) mass is 478 g/mol. The van der Waals surface area contributed by atoms with Gasteiger partial charge in [0.25, 0.3) is 0 Å². The van der Waals surface area contributed by atoms with Crippen LogP contribution >= 0.6 is 23.1 Å². The number of aromatic nitrogens is 1. The number of hydrogen-bond acceptors (Lipinski definition) is 6. The molecule has 0 fully saturated rings. The van der Waals surface area contributed by atoms with Crippen molar-refractivity contribution >= 4 is 43.3 Å². The number of thiazole rings is 1. The number of aliphatic hydroxyl groups excluding tert-OH is 1. The van der Waals surface area contributed by atoms with E-state index in [1.807, 2.05) is 57.4 Å². The molecule has 2 aromatic carbocycles. The smallest absolute Gasteiger partial charge is 0.243 e. The van der Waals surface area contributed by atoms with E-state index in [-0.39, 0.29) is 23.3 Å². The second kappa shape index (κ2) is 10.4. The first-order valence-corrected chi connectivity index (χ1v) is 13.9. The summed E-state index contributed by atoms with van der Waals surface area (Å²) in [7, 11) is -3.74. The summed E-state index contributed by atoms with van der Waals surface area (Å²) in [6.07, 6.45) is 1.89. The Labute approximate surface area is 193 Å². The third-order valence-corrected chi connectivity index (χ3v) is 9.00. The summed E-state index contributed by atoms with van der Waals surface area (Å²) < 4.78 is 30.2. The van der Waals surface area contributed by atoms with Crippen LogP contribution in [-0.4, -0.2) is 48.3 Å². The minimum absolute atomic E-state index is 0.0691. The Morgan fingerprint density at radius 3 is 2.45 bits per heavy atom. The van der Waals surface area contributed by atoms with E-state index in [4.69, 9.17) is 0 Å². The molecule has 1 heterocycles. The molecule has 1 aromatic heterocycles. The maximum atomic E-state index is 13.5. The molecule has 31 heavy (non-hydrogen) atoms. The summed E-state index contributed by atoms with van der Waals surface area (Å²) >= 11 is 3.04. The Kier molecular flexibility index (Phi) is 8.15. The van der Waals surface area contributed by atoms with Crippen LogP contribution in [0.1, 0.15) is 26.3 Å². The van der Waals surface area contributed by atoms with Crippen molar-refractivity contribution in [3.63, 3.8) is 0 Å². The van der Waals surface area contributed by atoms with Crippen molar-refractivity contribution in [2.45, 2.75) is 42.5 Å². The molecule has 0 spiro atoms. The van der Waals surface area contributed by atoms with Crippen molar-refractivity contribution in [2.75, 3.05) is 19.3 Å². The van der Waals surface area contributed by atoms with E-state index in [0.29, 0.717) is 13.0 Å². The Morgan fingerprint density at radius 2 is 1.81 bits per heavy atom. The van der Waals surface area contributed by atoms with Crippen molar-refractivity contribution in [3.05, 3.63) is 54.1 Å². The highest BCUT2D eigenvalue weighted by atomic mass is 32.2. The van der Waals surface area contributed by atoms with Gasteiger partial charge in [-0.05, 0) is 48.3 Å². The lowest BCUT2D eigenvalue weighted by molar-refractivity contribution is 0.0919. The van der Waals surface area contributed by atoms with Crippen molar-refractivity contribution in [1.29, 1.82) is 0 Å². The number of aliphatic hydroxyl groups is 1. The summed E-state index contributed by atoms with van der Waals surface area (Å²) in [6.45, 7) is 6.36.